The Morgan fingerprint density at radius 1 is 0.846 bits per heavy atom. The zero-order valence-electron chi connectivity index (χ0n) is 7.55. The van der Waals surface area contributed by atoms with Gasteiger partial charge in [0.15, 0.2) is 0 Å². The van der Waals surface area contributed by atoms with E-state index in [9.17, 15) is 0 Å². The Balaban J connectivity index is 1.77. The number of hydrogen-bond donors (Lipinski definition) is 0. The zero-order valence-corrected chi connectivity index (χ0v) is 10.7. The van der Waals surface area contributed by atoms with Crippen molar-refractivity contribution in [3.8, 4) is 0 Å². The van der Waals surface area contributed by atoms with Gasteiger partial charge < -0.3 is 0 Å². The molecule has 2 heteroatoms. The van der Waals surface area contributed by atoms with Gasteiger partial charge in [-0.2, -0.15) is 0 Å². The Kier molecular flexibility index (Phi) is 1.39. The Morgan fingerprint density at radius 3 is 1.92 bits per heavy atom. The second kappa shape index (κ2) is 2.21. The molecule has 0 amide bonds. The number of alkyl halides is 2. The SMILES string of the molecule is BrC1(Br)[C@H]2[C@H]1[C@@H]1CCC3CC[C@@H]2C31. The zero-order chi connectivity index (χ0) is 8.79. The normalized spacial score (nSPS) is 65.1. The highest BCUT2D eigenvalue weighted by molar-refractivity contribution is 9.25. The fourth-order valence-electron chi connectivity index (χ4n) is 5.06. The van der Waals surface area contributed by atoms with Crippen molar-refractivity contribution in [2.45, 2.75) is 28.9 Å². The van der Waals surface area contributed by atoms with Crippen molar-refractivity contribution >= 4 is 31.9 Å². The molecular formula is C11H14Br2. The summed E-state index contributed by atoms with van der Waals surface area (Å²) >= 11 is 7.76. The van der Waals surface area contributed by atoms with Gasteiger partial charge in [0.25, 0.3) is 0 Å². The first kappa shape index (κ1) is 8.15. The number of hydrogen-bond acceptors (Lipinski definition) is 0. The molecule has 4 atom stereocenters. The molecule has 0 spiro atoms. The van der Waals surface area contributed by atoms with Gasteiger partial charge in [-0.25, -0.2) is 0 Å². The van der Waals surface area contributed by atoms with Crippen LogP contribution in [0.2, 0.25) is 0 Å². The topological polar surface area (TPSA) is 0 Å². The molecule has 0 bridgehead atoms. The average molecular weight is 306 g/mol. The number of halogens is 2. The summed E-state index contributed by atoms with van der Waals surface area (Å²) in [7, 11) is 0. The van der Waals surface area contributed by atoms with Crippen molar-refractivity contribution in [2.24, 2.45) is 35.5 Å². The summed E-state index contributed by atoms with van der Waals surface area (Å²) in [5.74, 6) is 6.44. The second-order valence-electron chi connectivity index (χ2n) is 5.55. The molecule has 0 nitrogen and oxygen atoms in total. The maximum absolute atomic E-state index is 3.88. The number of rotatable bonds is 0. The Hall–Kier alpha value is 0.960. The maximum Gasteiger partial charge on any atom is 0.0874 e. The third kappa shape index (κ3) is 0.770. The molecule has 0 radical (unpaired) electrons. The molecule has 4 saturated carbocycles. The van der Waals surface area contributed by atoms with Gasteiger partial charge in [-0.1, -0.05) is 31.9 Å². The van der Waals surface area contributed by atoms with Crippen LogP contribution in [0.25, 0.3) is 0 Å². The van der Waals surface area contributed by atoms with Crippen LogP contribution in [0.3, 0.4) is 0 Å². The van der Waals surface area contributed by atoms with Crippen LogP contribution in [0.5, 0.6) is 0 Å². The summed E-state index contributed by atoms with van der Waals surface area (Å²) in [4.78, 5) is 0. The van der Waals surface area contributed by atoms with E-state index in [1.165, 1.54) is 12.8 Å². The Bertz CT molecular complexity index is 249. The lowest BCUT2D eigenvalue weighted by atomic mass is 9.87. The largest absolute Gasteiger partial charge is 0.0874 e. The number of fused-ring (bicyclic) bond motifs is 3. The molecule has 0 unspecified atom stereocenters. The van der Waals surface area contributed by atoms with Crippen molar-refractivity contribution in [1.29, 1.82) is 0 Å². The lowest BCUT2D eigenvalue weighted by Gasteiger charge is -2.22. The molecule has 0 aromatic heterocycles. The van der Waals surface area contributed by atoms with Crippen molar-refractivity contribution in [1.82, 2.24) is 0 Å². The van der Waals surface area contributed by atoms with Gasteiger partial charge in [0.1, 0.15) is 0 Å². The van der Waals surface area contributed by atoms with E-state index in [1.54, 1.807) is 12.8 Å². The van der Waals surface area contributed by atoms with E-state index in [1.807, 2.05) is 0 Å². The van der Waals surface area contributed by atoms with E-state index >= 15 is 0 Å². The Morgan fingerprint density at radius 2 is 1.38 bits per heavy atom. The molecule has 0 heterocycles. The first-order chi connectivity index (χ1) is 6.21. The summed E-state index contributed by atoms with van der Waals surface area (Å²) in [6, 6.07) is 0. The molecule has 4 rings (SSSR count). The maximum atomic E-state index is 3.88. The molecule has 4 fully saturated rings. The van der Waals surface area contributed by atoms with E-state index in [4.69, 9.17) is 0 Å². The van der Waals surface area contributed by atoms with Gasteiger partial charge in [-0.15, -0.1) is 0 Å². The van der Waals surface area contributed by atoms with Gasteiger partial charge in [0, 0.05) is 0 Å². The van der Waals surface area contributed by atoms with Crippen LogP contribution in [-0.4, -0.2) is 3.23 Å². The fraction of sp³-hybridized carbons (Fsp3) is 1.00. The summed E-state index contributed by atoms with van der Waals surface area (Å²) in [6.07, 6.45) is 6.16. The summed E-state index contributed by atoms with van der Waals surface area (Å²) in [6.45, 7) is 0. The summed E-state index contributed by atoms with van der Waals surface area (Å²) in [5, 5.41) is 0. The van der Waals surface area contributed by atoms with Crippen molar-refractivity contribution in [3.63, 3.8) is 0 Å². The molecule has 0 saturated heterocycles. The van der Waals surface area contributed by atoms with Crippen LogP contribution in [0, 0.1) is 35.5 Å². The van der Waals surface area contributed by atoms with Gasteiger partial charge >= 0.3 is 0 Å². The van der Waals surface area contributed by atoms with Crippen molar-refractivity contribution < 1.29 is 0 Å². The average Bonchev–Trinajstić information content (AvgIpc) is 2.56. The van der Waals surface area contributed by atoms with E-state index < -0.39 is 0 Å². The first-order valence-electron chi connectivity index (χ1n) is 5.59. The summed E-state index contributed by atoms with van der Waals surface area (Å²) < 4.78 is 0.380. The van der Waals surface area contributed by atoms with E-state index in [-0.39, 0.29) is 0 Å². The molecule has 4 aliphatic rings. The molecule has 0 aliphatic heterocycles. The predicted molar refractivity (Wildman–Crippen MR) is 60.0 cm³/mol. The van der Waals surface area contributed by atoms with Crippen molar-refractivity contribution in [2.75, 3.05) is 0 Å². The molecule has 0 aromatic rings. The Labute approximate surface area is 96.1 Å². The van der Waals surface area contributed by atoms with E-state index in [0.717, 1.165) is 35.5 Å². The van der Waals surface area contributed by atoms with Gasteiger partial charge in [-0.05, 0) is 61.2 Å². The second-order valence-corrected chi connectivity index (χ2v) is 9.23. The lowest BCUT2D eigenvalue weighted by Crippen LogP contribution is -2.19. The van der Waals surface area contributed by atoms with Crippen LogP contribution >= 0.6 is 31.9 Å². The highest BCUT2D eigenvalue weighted by Crippen LogP contribution is 2.80. The van der Waals surface area contributed by atoms with E-state index in [0.29, 0.717) is 3.23 Å². The quantitative estimate of drug-likeness (QED) is 0.597. The van der Waals surface area contributed by atoms with Crippen LogP contribution in [0.1, 0.15) is 25.7 Å². The van der Waals surface area contributed by atoms with Crippen LogP contribution < -0.4 is 0 Å². The van der Waals surface area contributed by atoms with E-state index in [2.05, 4.69) is 31.9 Å². The molecule has 13 heavy (non-hydrogen) atoms. The smallest absolute Gasteiger partial charge is 0.0721 e. The third-order valence-corrected chi connectivity index (χ3v) is 7.48. The minimum Gasteiger partial charge on any atom is -0.0721 e. The van der Waals surface area contributed by atoms with Crippen molar-refractivity contribution in [3.05, 3.63) is 0 Å². The molecule has 0 aromatic carbocycles. The third-order valence-electron chi connectivity index (χ3n) is 5.36. The highest BCUT2D eigenvalue weighted by Gasteiger charge is 2.76. The molecular weight excluding hydrogens is 292 g/mol. The lowest BCUT2D eigenvalue weighted by molar-refractivity contribution is 0.303. The molecule has 72 valence electrons. The monoisotopic (exact) mass is 304 g/mol. The van der Waals surface area contributed by atoms with Gasteiger partial charge in [-0.3, -0.25) is 0 Å². The predicted octanol–water partition coefficient (Wildman–Crippen LogP) is 3.78. The van der Waals surface area contributed by atoms with Crippen LogP contribution in [0.4, 0.5) is 0 Å². The standard InChI is InChI=1S/C11H14Br2/c12-11(13)9-6-3-1-5-2-4-7(8(5)6)10(9)11/h5-10H,1-4H2/t5?,6-,7-,8?,9-,10-/m1/s1. The van der Waals surface area contributed by atoms with Gasteiger partial charge in [0.2, 0.25) is 0 Å². The minimum absolute atomic E-state index is 0.380. The first-order valence-corrected chi connectivity index (χ1v) is 7.17. The molecule has 0 N–H and O–H groups in total. The minimum atomic E-state index is 0.380. The van der Waals surface area contributed by atoms with Crippen LogP contribution in [0.15, 0.2) is 0 Å². The highest BCUT2D eigenvalue weighted by atomic mass is 79.9. The van der Waals surface area contributed by atoms with Crippen LogP contribution in [-0.2, 0) is 0 Å². The summed E-state index contributed by atoms with van der Waals surface area (Å²) in [5.41, 5.74) is 0. The van der Waals surface area contributed by atoms with Gasteiger partial charge in [0.05, 0.1) is 3.23 Å². The molecule has 4 aliphatic carbocycles. The fourth-order valence-corrected chi connectivity index (χ4v) is 7.29.